The van der Waals surface area contributed by atoms with Crippen molar-refractivity contribution in [2.75, 3.05) is 41.1 Å². The van der Waals surface area contributed by atoms with Gasteiger partial charge in [0.05, 0.1) is 34.5 Å². The van der Waals surface area contributed by atoms with Crippen LogP contribution in [-0.2, 0) is 17.6 Å². The number of ether oxygens (including phenoxy) is 5. The summed E-state index contributed by atoms with van der Waals surface area (Å²) in [6, 6.07) is 9.61. The van der Waals surface area contributed by atoms with Gasteiger partial charge in [0.1, 0.15) is 0 Å². The first-order valence-electron chi connectivity index (χ1n) is 10.5. The van der Waals surface area contributed by atoms with Crippen molar-refractivity contribution < 1.29 is 28.5 Å². The van der Waals surface area contributed by atoms with Gasteiger partial charge in [-0.3, -0.25) is 4.79 Å². The summed E-state index contributed by atoms with van der Waals surface area (Å²) in [5, 5.41) is 2.97. The number of amides is 1. The highest BCUT2D eigenvalue weighted by atomic mass is 16.5. The van der Waals surface area contributed by atoms with E-state index in [4.69, 9.17) is 23.7 Å². The number of carbonyl (C=O) groups excluding carboxylic acids is 1. The van der Waals surface area contributed by atoms with E-state index >= 15 is 0 Å². The van der Waals surface area contributed by atoms with Gasteiger partial charge >= 0.3 is 0 Å². The lowest BCUT2D eigenvalue weighted by Crippen LogP contribution is -2.25. The highest BCUT2D eigenvalue weighted by molar-refractivity contribution is 5.76. The molecule has 0 spiro atoms. The van der Waals surface area contributed by atoms with Crippen LogP contribution in [0.3, 0.4) is 0 Å². The van der Waals surface area contributed by atoms with E-state index in [0.29, 0.717) is 56.3 Å². The Hall–Kier alpha value is -3.09. The SMILES string of the molecule is CCOc1ccc(CCNC(=O)CCc2cc(OC)c(OC)c(OC)c2)cc1OCC. The molecule has 0 unspecified atom stereocenters. The molecule has 0 aliphatic heterocycles. The van der Waals surface area contributed by atoms with Crippen LogP contribution < -0.4 is 29.0 Å². The second-order valence-electron chi connectivity index (χ2n) is 6.78. The molecule has 0 aliphatic carbocycles. The first-order valence-corrected chi connectivity index (χ1v) is 10.5. The molecule has 7 heteroatoms. The van der Waals surface area contributed by atoms with Gasteiger partial charge in [-0.25, -0.2) is 0 Å². The maximum atomic E-state index is 12.3. The predicted molar refractivity (Wildman–Crippen MR) is 120 cm³/mol. The Kier molecular flexibility index (Phi) is 9.81. The van der Waals surface area contributed by atoms with Gasteiger partial charge in [0.2, 0.25) is 11.7 Å². The predicted octanol–water partition coefficient (Wildman–Crippen LogP) is 3.80. The lowest BCUT2D eigenvalue weighted by Gasteiger charge is -2.14. The van der Waals surface area contributed by atoms with Gasteiger partial charge in [-0.15, -0.1) is 0 Å². The number of aryl methyl sites for hydroxylation is 1. The molecule has 7 nitrogen and oxygen atoms in total. The molecule has 170 valence electrons. The molecule has 0 saturated heterocycles. The average Bonchev–Trinajstić information content (AvgIpc) is 2.78. The van der Waals surface area contributed by atoms with Crippen molar-refractivity contribution in [1.82, 2.24) is 5.32 Å². The van der Waals surface area contributed by atoms with Crippen molar-refractivity contribution in [2.45, 2.75) is 33.1 Å². The summed E-state index contributed by atoms with van der Waals surface area (Å²) >= 11 is 0. The average molecular weight is 432 g/mol. The highest BCUT2D eigenvalue weighted by Gasteiger charge is 2.14. The number of hydrogen-bond donors (Lipinski definition) is 1. The fourth-order valence-corrected chi connectivity index (χ4v) is 3.22. The Balaban J connectivity index is 1.88. The number of nitrogens with one attached hydrogen (secondary N) is 1. The van der Waals surface area contributed by atoms with E-state index in [1.165, 1.54) is 0 Å². The Bertz CT molecular complexity index is 827. The van der Waals surface area contributed by atoms with E-state index in [0.717, 1.165) is 22.6 Å². The van der Waals surface area contributed by atoms with E-state index < -0.39 is 0 Å². The quantitative estimate of drug-likeness (QED) is 0.520. The number of hydrogen-bond acceptors (Lipinski definition) is 6. The second kappa shape index (κ2) is 12.6. The van der Waals surface area contributed by atoms with E-state index in [1.807, 2.05) is 44.2 Å². The molecular formula is C24H33NO6. The number of carbonyl (C=O) groups is 1. The fraction of sp³-hybridized carbons (Fsp3) is 0.458. The van der Waals surface area contributed by atoms with Gasteiger partial charge in [0, 0.05) is 13.0 Å². The maximum absolute atomic E-state index is 12.3. The minimum absolute atomic E-state index is 0.00952. The molecule has 0 saturated carbocycles. The normalized spacial score (nSPS) is 10.4. The fourth-order valence-electron chi connectivity index (χ4n) is 3.22. The molecule has 2 aromatic rings. The zero-order valence-corrected chi connectivity index (χ0v) is 19.1. The van der Waals surface area contributed by atoms with Crippen LogP contribution in [-0.4, -0.2) is 47.0 Å². The topological polar surface area (TPSA) is 75.3 Å². The number of benzene rings is 2. The van der Waals surface area contributed by atoms with Gasteiger partial charge in [-0.2, -0.15) is 0 Å². The van der Waals surface area contributed by atoms with Crippen molar-refractivity contribution >= 4 is 5.91 Å². The first kappa shape index (κ1) is 24.2. The van der Waals surface area contributed by atoms with Crippen molar-refractivity contribution in [2.24, 2.45) is 0 Å². The molecule has 1 amide bonds. The molecule has 0 aromatic heterocycles. The third-order valence-corrected chi connectivity index (χ3v) is 4.71. The minimum Gasteiger partial charge on any atom is -0.493 e. The Labute approximate surface area is 184 Å². The monoisotopic (exact) mass is 431 g/mol. The molecule has 0 atom stereocenters. The Morgan fingerprint density at radius 1 is 0.774 bits per heavy atom. The zero-order chi connectivity index (χ0) is 22.6. The van der Waals surface area contributed by atoms with E-state index in [9.17, 15) is 4.79 Å². The lowest BCUT2D eigenvalue weighted by atomic mass is 10.1. The van der Waals surface area contributed by atoms with Gasteiger partial charge in [0.25, 0.3) is 0 Å². The largest absolute Gasteiger partial charge is 0.493 e. The molecule has 0 heterocycles. The van der Waals surface area contributed by atoms with Gasteiger partial charge in [-0.1, -0.05) is 6.07 Å². The van der Waals surface area contributed by atoms with Crippen molar-refractivity contribution in [3.8, 4) is 28.7 Å². The summed E-state index contributed by atoms with van der Waals surface area (Å²) in [5.41, 5.74) is 2.02. The summed E-state index contributed by atoms with van der Waals surface area (Å²) < 4.78 is 27.3. The summed E-state index contributed by atoms with van der Waals surface area (Å²) in [7, 11) is 4.71. The number of rotatable bonds is 13. The molecule has 0 radical (unpaired) electrons. The van der Waals surface area contributed by atoms with E-state index in [2.05, 4.69) is 5.32 Å². The van der Waals surface area contributed by atoms with Gasteiger partial charge < -0.3 is 29.0 Å². The van der Waals surface area contributed by atoms with Crippen molar-refractivity contribution in [1.29, 1.82) is 0 Å². The summed E-state index contributed by atoms with van der Waals surface area (Å²) in [5.74, 6) is 3.17. The lowest BCUT2D eigenvalue weighted by molar-refractivity contribution is -0.121. The van der Waals surface area contributed by atoms with Crippen LogP contribution >= 0.6 is 0 Å². The van der Waals surface area contributed by atoms with Gasteiger partial charge in [0.15, 0.2) is 23.0 Å². The van der Waals surface area contributed by atoms with E-state index in [1.54, 1.807) is 21.3 Å². The van der Waals surface area contributed by atoms with Crippen LogP contribution in [0.25, 0.3) is 0 Å². The molecule has 1 N–H and O–H groups in total. The maximum Gasteiger partial charge on any atom is 0.220 e. The highest BCUT2D eigenvalue weighted by Crippen LogP contribution is 2.38. The molecule has 2 rings (SSSR count). The third kappa shape index (κ3) is 6.98. The molecule has 31 heavy (non-hydrogen) atoms. The zero-order valence-electron chi connectivity index (χ0n) is 19.1. The van der Waals surface area contributed by atoms with Crippen LogP contribution in [0.5, 0.6) is 28.7 Å². The number of methoxy groups -OCH3 is 3. The van der Waals surface area contributed by atoms with E-state index in [-0.39, 0.29) is 5.91 Å². The second-order valence-corrected chi connectivity index (χ2v) is 6.78. The molecular weight excluding hydrogens is 398 g/mol. The Morgan fingerprint density at radius 2 is 1.39 bits per heavy atom. The minimum atomic E-state index is -0.00952. The van der Waals surface area contributed by atoms with Crippen molar-refractivity contribution in [3.05, 3.63) is 41.5 Å². The molecule has 0 bridgehead atoms. The van der Waals surface area contributed by atoms with Crippen LogP contribution in [0.2, 0.25) is 0 Å². The Morgan fingerprint density at radius 3 is 1.97 bits per heavy atom. The van der Waals surface area contributed by atoms with Crippen molar-refractivity contribution in [3.63, 3.8) is 0 Å². The smallest absolute Gasteiger partial charge is 0.220 e. The first-order chi connectivity index (χ1) is 15.1. The van der Waals surface area contributed by atoms with Crippen LogP contribution in [0, 0.1) is 0 Å². The van der Waals surface area contributed by atoms with Gasteiger partial charge in [-0.05, 0) is 62.1 Å². The standard InChI is InChI=1S/C24H33NO6/c1-6-30-19-10-8-17(14-20(19)31-7-2)12-13-25-23(26)11-9-18-15-21(27-3)24(29-5)22(16-18)28-4/h8,10,14-16H,6-7,9,11-13H2,1-5H3,(H,25,26). The summed E-state index contributed by atoms with van der Waals surface area (Å²) in [6.07, 6.45) is 1.65. The molecule has 0 fully saturated rings. The summed E-state index contributed by atoms with van der Waals surface area (Å²) in [6.45, 7) is 5.59. The van der Waals surface area contributed by atoms with Crippen LogP contribution in [0.4, 0.5) is 0 Å². The van der Waals surface area contributed by atoms with Crippen LogP contribution in [0.1, 0.15) is 31.4 Å². The molecule has 2 aromatic carbocycles. The van der Waals surface area contributed by atoms with Crippen LogP contribution in [0.15, 0.2) is 30.3 Å². The third-order valence-electron chi connectivity index (χ3n) is 4.71. The molecule has 0 aliphatic rings. The summed E-state index contributed by atoms with van der Waals surface area (Å²) in [4.78, 5) is 12.3.